The number of aliphatic hydroxyl groups excluding tert-OH is 1. The quantitative estimate of drug-likeness (QED) is 0.455. The molecule has 0 spiro atoms. The van der Waals surface area contributed by atoms with Crippen molar-refractivity contribution >= 4 is 5.96 Å². The predicted octanol–water partition coefficient (Wildman–Crippen LogP) is 3.26. The van der Waals surface area contributed by atoms with Crippen LogP contribution < -0.4 is 20.1 Å². The van der Waals surface area contributed by atoms with Gasteiger partial charge in [-0.2, -0.15) is 0 Å². The third-order valence-corrected chi connectivity index (χ3v) is 5.59. The van der Waals surface area contributed by atoms with Gasteiger partial charge in [0, 0.05) is 19.6 Å². The topological polar surface area (TPSA) is 75.1 Å². The Balaban J connectivity index is 1.99. The first-order chi connectivity index (χ1) is 13.1. The number of nitrogens with one attached hydrogen (secondary N) is 2. The Kier molecular flexibility index (Phi) is 8.23. The van der Waals surface area contributed by atoms with Gasteiger partial charge in [-0.1, -0.05) is 25.8 Å². The first kappa shape index (κ1) is 21.4. The number of rotatable bonds is 9. The van der Waals surface area contributed by atoms with E-state index in [4.69, 9.17) is 14.5 Å². The molecule has 1 aromatic rings. The van der Waals surface area contributed by atoms with Gasteiger partial charge in [0.25, 0.3) is 0 Å². The number of hydrogen-bond acceptors (Lipinski definition) is 4. The van der Waals surface area contributed by atoms with Crippen molar-refractivity contribution in [3.8, 4) is 11.5 Å². The number of hydrogen-bond donors (Lipinski definition) is 3. The summed E-state index contributed by atoms with van der Waals surface area (Å²) in [6.45, 7) is 6.32. The smallest absolute Gasteiger partial charge is 0.191 e. The monoisotopic (exact) mass is 377 g/mol. The van der Waals surface area contributed by atoms with Gasteiger partial charge in [0.15, 0.2) is 17.5 Å². The van der Waals surface area contributed by atoms with E-state index in [0.29, 0.717) is 23.5 Å². The lowest BCUT2D eigenvalue weighted by atomic mass is 9.84. The van der Waals surface area contributed by atoms with Gasteiger partial charge in [0.1, 0.15) is 0 Å². The zero-order valence-electron chi connectivity index (χ0n) is 17.2. The fourth-order valence-corrected chi connectivity index (χ4v) is 3.71. The Bertz CT molecular complexity index is 613. The van der Waals surface area contributed by atoms with Crippen LogP contribution in [0.25, 0.3) is 0 Å². The van der Waals surface area contributed by atoms with Crippen molar-refractivity contribution in [2.24, 2.45) is 10.4 Å². The minimum Gasteiger partial charge on any atom is -0.493 e. The molecule has 1 unspecified atom stereocenters. The Hall–Kier alpha value is -1.95. The van der Waals surface area contributed by atoms with Gasteiger partial charge in [0.05, 0.1) is 20.3 Å². The van der Waals surface area contributed by atoms with Crippen molar-refractivity contribution < 1.29 is 14.6 Å². The zero-order valence-corrected chi connectivity index (χ0v) is 17.2. The normalized spacial score (nSPS) is 17.4. The summed E-state index contributed by atoms with van der Waals surface area (Å²) in [5.41, 5.74) is 1.13. The number of guanidine groups is 1. The molecule has 0 aromatic heterocycles. The highest BCUT2D eigenvalue weighted by Gasteiger charge is 2.31. The Morgan fingerprint density at radius 1 is 1.15 bits per heavy atom. The van der Waals surface area contributed by atoms with Crippen molar-refractivity contribution in [2.75, 3.05) is 33.9 Å². The minimum atomic E-state index is -0.666. The van der Waals surface area contributed by atoms with Gasteiger partial charge in [-0.15, -0.1) is 0 Å². The molecule has 0 amide bonds. The third-order valence-electron chi connectivity index (χ3n) is 5.59. The number of aliphatic imine (C=N–C) groups is 1. The van der Waals surface area contributed by atoms with Crippen LogP contribution in [0.5, 0.6) is 11.5 Å². The van der Waals surface area contributed by atoms with E-state index >= 15 is 0 Å². The van der Waals surface area contributed by atoms with Crippen molar-refractivity contribution in [1.82, 2.24) is 10.6 Å². The van der Waals surface area contributed by atoms with Gasteiger partial charge < -0.3 is 25.2 Å². The molecule has 1 fully saturated rings. The average molecular weight is 378 g/mol. The highest BCUT2D eigenvalue weighted by molar-refractivity contribution is 5.79. The molecule has 0 saturated heterocycles. The second kappa shape index (κ2) is 10.4. The number of benzene rings is 1. The molecule has 0 bridgehead atoms. The summed E-state index contributed by atoms with van der Waals surface area (Å²) in [4.78, 5) is 4.80. The summed E-state index contributed by atoms with van der Waals surface area (Å²) in [7, 11) is 3.19. The van der Waals surface area contributed by atoms with Crippen molar-refractivity contribution in [3.05, 3.63) is 23.8 Å². The first-order valence-corrected chi connectivity index (χ1v) is 9.99. The molecule has 0 aliphatic heterocycles. The van der Waals surface area contributed by atoms with E-state index in [9.17, 15) is 5.11 Å². The van der Waals surface area contributed by atoms with Gasteiger partial charge in [0.2, 0.25) is 0 Å². The van der Waals surface area contributed by atoms with Crippen molar-refractivity contribution in [3.63, 3.8) is 0 Å². The van der Waals surface area contributed by atoms with E-state index in [1.807, 2.05) is 19.1 Å². The number of methoxy groups -OCH3 is 2. The molecule has 2 rings (SSSR count). The minimum absolute atomic E-state index is 0.352. The third kappa shape index (κ3) is 5.76. The standard InChI is InChI=1S/C21H35N3O3/c1-5-21(11-7-8-12-21)15-24-20(22-6-2)23-14-17(25)16-9-10-18(26-3)19(13-16)27-4/h9-10,13,17,25H,5-8,11-12,14-15H2,1-4H3,(H2,22,23,24). The van der Waals surface area contributed by atoms with Crippen LogP contribution in [0.4, 0.5) is 0 Å². The summed E-state index contributed by atoms with van der Waals surface area (Å²) < 4.78 is 10.6. The molecule has 0 radical (unpaired) electrons. The second-order valence-electron chi connectivity index (χ2n) is 7.27. The van der Waals surface area contributed by atoms with Gasteiger partial charge in [-0.25, -0.2) is 0 Å². The summed E-state index contributed by atoms with van der Waals surface area (Å²) >= 11 is 0. The maximum absolute atomic E-state index is 10.6. The molecule has 1 aliphatic rings. The molecule has 1 atom stereocenters. The van der Waals surface area contributed by atoms with Gasteiger partial charge >= 0.3 is 0 Å². The lowest BCUT2D eigenvalue weighted by molar-refractivity contribution is 0.180. The van der Waals surface area contributed by atoms with E-state index in [0.717, 1.165) is 24.6 Å². The molecule has 152 valence electrons. The molecule has 6 nitrogen and oxygen atoms in total. The molecule has 1 saturated carbocycles. The fourth-order valence-electron chi connectivity index (χ4n) is 3.71. The predicted molar refractivity (Wildman–Crippen MR) is 110 cm³/mol. The highest BCUT2D eigenvalue weighted by atomic mass is 16.5. The van der Waals surface area contributed by atoms with E-state index in [2.05, 4.69) is 17.6 Å². The molecule has 3 N–H and O–H groups in total. The zero-order chi connectivity index (χ0) is 19.7. The first-order valence-electron chi connectivity index (χ1n) is 9.99. The lowest BCUT2D eigenvalue weighted by Gasteiger charge is -2.26. The highest BCUT2D eigenvalue weighted by Crippen LogP contribution is 2.41. The summed E-state index contributed by atoms with van der Waals surface area (Å²) in [5, 5.41) is 17.1. The fraction of sp³-hybridized carbons (Fsp3) is 0.667. The lowest BCUT2D eigenvalue weighted by Crippen LogP contribution is -2.40. The number of aliphatic hydroxyl groups is 1. The van der Waals surface area contributed by atoms with Crippen LogP contribution >= 0.6 is 0 Å². The van der Waals surface area contributed by atoms with Crippen LogP contribution in [0.2, 0.25) is 0 Å². The summed E-state index contributed by atoms with van der Waals surface area (Å²) in [6, 6.07) is 5.46. The molecule has 0 heterocycles. The van der Waals surface area contributed by atoms with Crippen LogP contribution in [0.3, 0.4) is 0 Å². The van der Waals surface area contributed by atoms with E-state index in [-0.39, 0.29) is 0 Å². The number of nitrogens with zero attached hydrogens (tertiary/aromatic N) is 1. The molecular formula is C21H35N3O3. The van der Waals surface area contributed by atoms with Crippen LogP contribution in [-0.4, -0.2) is 44.9 Å². The Labute approximate surface area is 163 Å². The van der Waals surface area contributed by atoms with Crippen LogP contribution in [0.1, 0.15) is 57.6 Å². The Morgan fingerprint density at radius 2 is 1.85 bits per heavy atom. The van der Waals surface area contributed by atoms with Gasteiger partial charge in [-0.3, -0.25) is 4.99 Å². The molecule has 27 heavy (non-hydrogen) atoms. The SMILES string of the molecule is CCNC(=NCC1(CC)CCCC1)NCC(O)c1ccc(OC)c(OC)c1. The van der Waals surface area contributed by atoms with Crippen LogP contribution in [0.15, 0.2) is 23.2 Å². The number of ether oxygens (including phenoxy) is 2. The molecule has 1 aromatic carbocycles. The van der Waals surface area contributed by atoms with E-state index < -0.39 is 6.10 Å². The van der Waals surface area contributed by atoms with Gasteiger partial charge in [-0.05, 0) is 49.3 Å². The largest absolute Gasteiger partial charge is 0.493 e. The van der Waals surface area contributed by atoms with Crippen LogP contribution in [0, 0.1) is 5.41 Å². The van der Waals surface area contributed by atoms with Crippen LogP contribution in [-0.2, 0) is 0 Å². The summed E-state index contributed by atoms with van der Waals surface area (Å²) in [5.74, 6) is 2.02. The van der Waals surface area contributed by atoms with Crippen molar-refractivity contribution in [1.29, 1.82) is 0 Å². The maximum atomic E-state index is 10.6. The molecular weight excluding hydrogens is 342 g/mol. The average Bonchev–Trinajstić information content (AvgIpc) is 3.18. The Morgan fingerprint density at radius 3 is 2.44 bits per heavy atom. The van der Waals surface area contributed by atoms with E-state index in [1.165, 1.54) is 32.1 Å². The summed E-state index contributed by atoms with van der Waals surface area (Å²) in [6.07, 6.45) is 5.66. The second-order valence-corrected chi connectivity index (χ2v) is 7.27. The van der Waals surface area contributed by atoms with Crippen molar-refractivity contribution in [2.45, 2.75) is 52.1 Å². The molecule has 6 heteroatoms. The van der Waals surface area contributed by atoms with E-state index in [1.54, 1.807) is 20.3 Å². The maximum Gasteiger partial charge on any atom is 0.191 e. The molecule has 1 aliphatic carbocycles.